The van der Waals surface area contributed by atoms with Gasteiger partial charge in [0.05, 0.1) is 5.56 Å². The molecule has 0 fully saturated rings. The van der Waals surface area contributed by atoms with E-state index in [4.69, 9.17) is 6.42 Å². The number of hydrogen-bond acceptors (Lipinski definition) is 1. The molecule has 0 N–H and O–H groups in total. The third kappa shape index (κ3) is 2.68. The monoisotopic (exact) mass is 315 g/mol. The third-order valence-electron chi connectivity index (χ3n) is 3.95. The molecule has 0 radical (unpaired) electrons. The zero-order valence-electron chi connectivity index (χ0n) is 12.0. The van der Waals surface area contributed by atoms with E-state index in [9.17, 15) is 18.0 Å². The Morgan fingerprint density at radius 1 is 1.17 bits per heavy atom. The first-order chi connectivity index (χ1) is 10.9. The van der Waals surface area contributed by atoms with E-state index in [-0.39, 0.29) is 12.5 Å². The quantitative estimate of drug-likeness (QED) is 0.733. The predicted octanol–water partition coefficient (Wildman–Crippen LogP) is 3.82. The highest BCUT2D eigenvalue weighted by Gasteiger charge is 2.35. The number of alkyl halides is 3. The third-order valence-corrected chi connectivity index (χ3v) is 3.95. The molecule has 5 heteroatoms. The highest BCUT2D eigenvalue weighted by molar-refractivity contribution is 6.07. The Balaban J connectivity index is 2.06. The lowest BCUT2D eigenvalue weighted by Crippen LogP contribution is -2.28. The number of anilines is 1. The van der Waals surface area contributed by atoms with E-state index in [1.54, 1.807) is 24.3 Å². The second-order valence-corrected chi connectivity index (χ2v) is 5.29. The lowest BCUT2D eigenvalue weighted by atomic mass is 9.92. The lowest BCUT2D eigenvalue weighted by Gasteiger charge is -2.15. The fraction of sp³-hybridized carbons (Fsp3) is 0.167. The van der Waals surface area contributed by atoms with Gasteiger partial charge < -0.3 is 4.90 Å². The van der Waals surface area contributed by atoms with Gasteiger partial charge in [0.2, 0.25) is 0 Å². The number of para-hydroxylation sites is 1. The molecule has 1 heterocycles. The Kier molecular flexibility index (Phi) is 3.61. The van der Waals surface area contributed by atoms with Crippen molar-refractivity contribution in [2.75, 3.05) is 11.4 Å². The number of carbonyl (C=O) groups is 1. The minimum absolute atomic E-state index is 0.240. The second kappa shape index (κ2) is 5.47. The molecule has 2 aromatic rings. The molecule has 0 saturated carbocycles. The van der Waals surface area contributed by atoms with E-state index in [0.717, 1.165) is 17.7 Å². The number of fused-ring (bicyclic) bond motifs is 1. The number of halogens is 3. The van der Waals surface area contributed by atoms with Crippen molar-refractivity contribution in [2.45, 2.75) is 12.1 Å². The maximum Gasteiger partial charge on any atom is 0.416 e. The van der Waals surface area contributed by atoms with Crippen molar-refractivity contribution in [3.8, 4) is 12.3 Å². The van der Waals surface area contributed by atoms with Crippen molar-refractivity contribution >= 4 is 11.6 Å². The van der Waals surface area contributed by atoms with Crippen LogP contribution < -0.4 is 4.90 Å². The topological polar surface area (TPSA) is 20.3 Å². The average molecular weight is 315 g/mol. The largest absolute Gasteiger partial charge is 0.416 e. The average Bonchev–Trinajstić information content (AvgIpc) is 2.93. The normalized spacial score (nSPS) is 16.8. The molecule has 2 aromatic carbocycles. The van der Waals surface area contributed by atoms with Crippen molar-refractivity contribution in [3.05, 3.63) is 65.2 Å². The van der Waals surface area contributed by atoms with Crippen LogP contribution in [0, 0.1) is 12.3 Å². The molecule has 3 rings (SSSR count). The molecule has 23 heavy (non-hydrogen) atoms. The van der Waals surface area contributed by atoms with Crippen molar-refractivity contribution in [1.29, 1.82) is 0 Å². The van der Waals surface area contributed by atoms with Gasteiger partial charge in [-0.3, -0.25) is 4.79 Å². The van der Waals surface area contributed by atoms with Crippen molar-refractivity contribution < 1.29 is 18.0 Å². The Labute approximate surface area is 131 Å². The summed E-state index contributed by atoms with van der Waals surface area (Å²) in [4.78, 5) is 13.3. The first-order valence-electron chi connectivity index (χ1n) is 6.96. The van der Waals surface area contributed by atoms with Crippen LogP contribution in [-0.2, 0) is 11.0 Å². The van der Waals surface area contributed by atoms with Crippen LogP contribution in [0.5, 0.6) is 0 Å². The molecule has 1 unspecified atom stereocenters. The fourth-order valence-electron chi connectivity index (χ4n) is 2.89. The number of hydrogen-bond donors (Lipinski definition) is 0. The van der Waals surface area contributed by atoms with Crippen LogP contribution in [0.2, 0.25) is 0 Å². The van der Waals surface area contributed by atoms with Crippen LogP contribution in [0.4, 0.5) is 18.9 Å². The van der Waals surface area contributed by atoms with Crippen LogP contribution in [-0.4, -0.2) is 12.5 Å². The first-order valence-corrected chi connectivity index (χ1v) is 6.96. The molecule has 2 nitrogen and oxygen atoms in total. The van der Waals surface area contributed by atoms with E-state index in [2.05, 4.69) is 5.92 Å². The summed E-state index contributed by atoms with van der Waals surface area (Å²) in [6, 6.07) is 12.3. The summed E-state index contributed by atoms with van der Waals surface area (Å²) in [5.74, 6) is 1.24. The molecular weight excluding hydrogens is 303 g/mol. The Morgan fingerprint density at radius 2 is 1.91 bits per heavy atom. The van der Waals surface area contributed by atoms with E-state index >= 15 is 0 Å². The summed E-state index contributed by atoms with van der Waals surface area (Å²) in [5, 5.41) is 0. The van der Waals surface area contributed by atoms with E-state index in [1.165, 1.54) is 11.0 Å². The van der Waals surface area contributed by atoms with Gasteiger partial charge in [0.15, 0.2) is 0 Å². The molecule has 1 aliphatic heterocycles. The van der Waals surface area contributed by atoms with Crippen LogP contribution >= 0.6 is 0 Å². The Hall–Kier alpha value is -2.74. The van der Waals surface area contributed by atoms with E-state index in [1.807, 2.05) is 6.07 Å². The van der Waals surface area contributed by atoms with Crippen LogP contribution in [0.3, 0.4) is 0 Å². The second-order valence-electron chi connectivity index (χ2n) is 5.29. The molecule has 0 aliphatic carbocycles. The minimum Gasteiger partial charge on any atom is -0.300 e. The SMILES string of the molecule is C#CC(=O)N1CC(c2cccc(C(F)(F)F)c2)c2ccccc21. The maximum absolute atomic E-state index is 12.9. The van der Waals surface area contributed by atoms with Crippen molar-refractivity contribution in [1.82, 2.24) is 0 Å². The standard InChI is InChI=1S/C18H12F3NO/c1-2-17(23)22-11-15(14-8-3-4-9-16(14)22)12-6-5-7-13(10-12)18(19,20)21/h1,3-10,15H,11H2. The lowest BCUT2D eigenvalue weighted by molar-refractivity contribution is -0.137. The highest BCUT2D eigenvalue weighted by atomic mass is 19.4. The van der Waals surface area contributed by atoms with Gasteiger partial charge >= 0.3 is 12.1 Å². The summed E-state index contributed by atoms with van der Waals surface area (Å²) in [6.07, 6.45) is 0.784. The molecule has 1 atom stereocenters. The minimum atomic E-state index is -4.40. The van der Waals surface area contributed by atoms with Crippen molar-refractivity contribution in [2.24, 2.45) is 0 Å². The van der Waals surface area contributed by atoms with Gasteiger partial charge in [-0.05, 0) is 29.2 Å². The molecule has 0 saturated heterocycles. The van der Waals surface area contributed by atoms with E-state index < -0.39 is 17.6 Å². The molecule has 0 spiro atoms. The zero-order chi connectivity index (χ0) is 16.6. The fourth-order valence-corrected chi connectivity index (χ4v) is 2.89. The van der Waals surface area contributed by atoms with Crippen LogP contribution in [0.25, 0.3) is 0 Å². The van der Waals surface area contributed by atoms with E-state index in [0.29, 0.717) is 11.3 Å². The van der Waals surface area contributed by atoms with Gasteiger partial charge in [0.1, 0.15) is 0 Å². The molecule has 0 aromatic heterocycles. The maximum atomic E-state index is 12.9. The summed E-state index contributed by atoms with van der Waals surface area (Å²) < 4.78 is 38.8. The first kappa shape index (κ1) is 15.2. The molecule has 116 valence electrons. The zero-order valence-corrected chi connectivity index (χ0v) is 12.0. The summed E-state index contributed by atoms with van der Waals surface area (Å²) in [6.45, 7) is 0.240. The number of amides is 1. The van der Waals surface area contributed by atoms with Gasteiger partial charge in [-0.2, -0.15) is 13.2 Å². The van der Waals surface area contributed by atoms with Gasteiger partial charge in [0, 0.05) is 18.2 Å². The molecular formula is C18H12F3NO. The van der Waals surface area contributed by atoms with Gasteiger partial charge in [-0.25, -0.2) is 0 Å². The van der Waals surface area contributed by atoms with Gasteiger partial charge in [-0.1, -0.05) is 36.4 Å². The number of benzene rings is 2. The van der Waals surface area contributed by atoms with Gasteiger partial charge in [0.25, 0.3) is 0 Å². The van der Waals surface area contributed by atoms with Gasteiger partial charge in [-0.15, -0.1) is 6.42 Å². The van der Waals surface area contributed by atoms with Crippen molar-refractivity contribution in [3.63, 3.8) is 0 Å². The Morgan fingerprint density at radius 3 is 2.61 bits per heavy atom. The number of rotatable bonds is 1. The Bertz CT molecular complexity index is 804. The molecule has 0 bridgehead atoms. The number of nitrogens with zero attached hydrogens (tertiary/aromatic N) is 1. The number of carbonyl (C=O) groups excluding carboxylic acids is 1. The molecule has 1 amide bonds. The summed E-state index contributed by atoms with van der Waals surface area (Å²) in [5.41, 5.74) is 1.27. The number of terminal acetylenes is 1. The smallest absolute Gasteiger partial charge is 0.300 e. The van der Waals surface area contributed by atoms with Crippen LogP contribution in [0.1, 0.15) is 22.6 Å². The summed E-state index contributed by atoms with van der Waals surface area (Å²) >= 11 is 0. The summed E-state index contributed by atoms with van der Waals surface area (Å²) in [7, 11) is 0. The predicted molar refractivity (Wildman–Crippen MR) is 80.9 cm³/mol. The molecule has 1 aliphatic rings. The van der Waals surface area contributed by atoms with Crippen LogP contribution in [0.15, 0.2) is 48.5 Å². The highest BCUT2D eigenvalue weighted by Crippen LogP contribution is 2.41.